The van der Waals surface area contributed by atoms with Crippen molar-refractivity contribution in [1.29, 1.82) is 0 Å². The Morgan fingerprint density at radius 3 is 2.38 bits per heavy atom. The van der Waals surface area contributed by atoms with E-state index in [2.05, 4.69) is 24.2 Å². The minimum atomic E-state index is 0.745. The number of hydrogen-bond donors (Lipinski definition) is 1. The van der Waals surface area contributed by atoms with Crippen LogP contribution in [0.1, 0.15) is 51.9 Å². The van der Waals surface area contributed by atoms with Crippen molar-refractivity contribution in [3.05, 3.63) is 0 Å². The summed E-state index contributed by atoms with van der Waals surface area (Å²) in [6, 6.07) is 1.67. The molecule has 2 aliphatic carbocycles. The normalized spacial score (nSPS) is 24.2. The van der Waals surface area contributed by atoms with Gasteiger partial charge in [-0.1, -0.05) is 19.8 Å². The minimum Gasteiger partial charge on any atom is -0.315 e. The Balaban J connectivity index is 1.82. The predicted octanol–water partition coefficient (Wildman–Crippen LogP) is 2.64. The zero-order valence-electron chi connectivity index (χ0n) is 11.0. The highest BCUT2D eigenvalue weighted by Gasteiger charge is 2.32. The standard InChI is InChI=1S/C14H28N2/c1-3-10-16(13-8-9-13)11-14(15-2)12-6-4-5-7-12/h12-15H,3-11H2,1-2H3. The number of rotatable bonds is 7. The molecule has 0 heterocycles. The smallest absolute Gasteiger partial charge is 0.0220 e. The van der Waals surface area contributed by atoms with Gasteiger partial charge in [0.25, 0.3) is 0 Å². The molecule has 2 aliphatic rings. The molecule has 0 aromatic rings. The number of hydrogen-bond acceptors (Lipinski definition) is 2. The molecule has 0 spiro atoms. The van der Waals surface area contributed by atoms with E-state index in [9.17, 15) is 0 Å². The molecular formula is C14H28N2. The van der Waals surface area contributed by atoms with Gasteiger partial charge in [-0.3, -0.25) is 4.90 Å². The Hall–Kier alpha value is -0.0800. The molecule has 0 aromatic carbocycles. The Morgan fingerprint density at radius 1 is 1.19 bits per heavy atom. The van der Waals surface area contributed by atoms with Crippen LogP contribution in [-0.2, 0) is 0 Å². The van der Waals surface area contributed by atoms with E-state index in [1.54, 1.807) is 0 Å². The lowest BCUT2D eigenvalue weighted by Gasteiger charge is -2.30. The number of likely N-dealkylation sites (N-methyl/N-ethyl adjacent to an activating group) is 1. The first kappa shape index (κ1) is 12.4. The van der Waals surface area contributed by atoms with Crippen molar-refractivity contribution in [3.63, 3.8) is 0 Å². The second kappa shape index (κ2) is 6.02. The molecule has 1 unspecified atom stereocenters. The maximum atomic E-state index is 3.57. The van der Waals surface area contributed by atoms with E-state index in [1.807, 2.05) is 0 Å². The average molecular weight is 224 g/mol. The van der Waals surface area contributed by atoms with Crippen molar-refractivity contribution < 1.29 is 0 Å². The number of nitrogens with one attached hydrogen (secondary N) is 1. The summed E-state index contributed by atoms with van der Waals surface area (Å²) in [4.78, 5) is 2.74. The van der Waals surface area contributed by atoms with Crippen LogP contribution in [0.25, 0.3) is 0 Å². The Kier molecular flexibility index (Phi) is 4.66. The fraction of sp³-hybridized carbons (Fsp3) is 1.00. The molecule has 94 valence electrons. The largest absolute Gasteiger partial charge is 0.315 e. The Morgan fingerprint density at radius 2 is 1.88 bits per heavy atom. The molecule has 2 rings (SSSR count). The summed E-state index contributed by atoms with van der Waals surface area (Å²) in [6.45, 7) is 4.90. The van der Waals surface area contributed by atoms with Crippen LogP contribution < -0.4 is 5.32 Å². The molecular weight excluding hydrogens is 196 g/mol. The first-order valence-electron chi connectivity index (χ1n) is 7.26. The van der Waals surface area contributed by atoms with Crippen LogP contribution in [0.15, 0.2) is 0 Å². The molecule has 1 N–H and O–H groups in total. The zero-order valence-corrected chi connectivity index (χ0v) is 11.0. The molecule has 0 saturated heterocycles. The summed E-state index contributed by atoms with van der Waals surface area (Å²) in [5.74, 6) is 0.947. The molecule has 16 heavy (non-hydrogen) atoms. The van der Waals surface area contributed by atoms with E-state index in [4.69, 9.17) is 0 Å². The highest BCUT2D eigenvalue weighted by atomic mass is 15.2. The van der Waals surface area contributed by atoms with Gasteiger partial charge in [-0.15, -0.1) is 0 Å². The van der Waals surface area contributed by atoms with Gasteiger partial charge in [0.05, 0.1) is 0 Å². The summed E-state index contributed by atoms with van der Waals surface area (Å²) in [5.41, 5.74) is 0. The van der Waals surface area contributed by atoms with E-state index in [0.717, 1.165) is 18.0 Å². The van der Waals surface area contributed by atoms with Crippen LogP contribution in [0.2, 0.25) is 0 Å². The minimum absolute atomic E-state index is 0.745. The third-order valence-electron chi connectivity index (χ3n) is 4.34. The average Bonchev–Trinajstić information content (AvgIpc) is 3.00. The molecule has 2 fully saturated rings. The third-order valence-corrected chi connectivity index (χ3v) is 4.34. The summed E-state index contributed by atoms with van der Waals surface area (Å²) < 4.78 is 0. The molecule has 0 radical (unpaired) electrons. The number of nitrogens with zero attached hydrogens (tertiary/aromatic N) is 1. The molecule has 0 bridgehead atoms. The van der Waals surface area contributed by atoms with Crippen molar-refractivity contribution in [1.82, 2.24) is 10.2 Å². The third kappa shape index (κ3) is 3.21. The van der Waals surface area contributed by atoms with Crippen molar-refractivity contribution in [2.75, 3.05) is 20.1 Å². The van der Waals surface area contributed by atoms with Gasteiger partial charge in [0.2, 0.25) is 0 Å². The van der Waals surface area contributed by atoms with E-state index < -0.39 is 0 Å². The van der Waals surface area contributed by atoms with Crippen LogP contribution in [-0.4, -0.2) is 37.1 Å². The maximum Gasteiger partial charge on any atom is 0.0220 e. The second-order valence-corrected chi connectivity index (χ2v) is 5.67. The lowest BCUT2D eigenvalue weighted by molar-refractivity contribution is 0.205. The second-order valence-electron chi connectivity index (χ2n) is 5.67. The first-order chi connectivity index (χ1) is 7.85. The molecule has 2 nitrogen and oxygen atoms in total. The van der Waals surface area contributed by atoms with Gasteiger partial charge in [0.1, 0.15) is 0 Å². The molecule has 1 atom stereocenters. The topological polar surface area (TPSA) is 15.3 Å². The van der Waals surface area contributed by atoms with Crippen LogP contribution in [0.5, 0.6) is 0 Å². The molecule has 2 saturated carbocycles. The zero-order chi connectivity index (χ0) is 11.4. The Bertz CT molecular complexity index is 195. The van der Waals surface area contributed by atoms with E-state index >= 15 is 0 Å². The van der Waals surface area contributed by atoms with E-state index in [-0.39, 0.29) is 0 Å². The fourth-order valence-electron chi connectivity index (χ4n) is 3.24. The fourth-order valence-corrected chi connectivity index (χ4v) is 3.24. The summed E-state index contributed by atoms with van der Waals surface area (Å²) in [5, 5.41) is 3.57. The lowest BCUT2D eigenvalue weighted by atomic mass is 9.97. The van der Waals surface area contributed by atoms with Crippen molar-refractivity contribution in [3.8, 4) is 0 Å². The van der Waals surface area contributed by atoms with Crippen molar-refractivity contribution in [2.24, 2.45) is 5.92 Å². The quantitative estimate of drug-likeness (QED) is 0.715. The van der Waals surface area contributed by atoms with Gasteiger partial charge in [0, 0.05) is 18.6 Å². The summed E-state index contributed by atoms with van der Waals surface area (Å²) in [7, 11) is 2.15. The van der Waals surface area contributed by atoms with Gasteiger partial charge in [0.15, 0.2) is 0 Å². The molecule has 2 heteroatoms. The monoisotopic (exact) mass is 224 g/mol. The summed E-state index contributed by atoms with van der Waals surface area (Å²) in [6.07, 6.45) is 10.0. The SMILES string of the molecule is CCCN(CC(NC)C1CCCC1)C1CC1. The van der Waals surface area contributed by atoms with E-state index in [1.165, 1.54) is 58.0 Å². The predicted molar refractivity (Wildman–Crippen MR) is 69.7 cm³/mol. The van der Waals surface area contributed by atoms with Crippen molar-refractivity contribution in [2.45, 2.75) is 64.0 Å². The molecule has 0 aromatic heterocycles. The Labute approximate surface area is 101 Å². The van der Waals surface area contributed by atoms with Gasteiger partial charge < -0.3 is 5.32 Å². The van der Waals surface area contributed by atoms with Crippen LogP contribution >= 0.6 is 0 Å². The highest BCUT2D eigenvalue weighted by Crippen LogP contribution is 2.31. The van der Waals surface area contributed by atoms with Crippen LogP contribution in [0.4, 0.5) is 0 Å². The van der Waals surface area contributed by atoms with Gasteiger partial charge in [-0.25, -0.2) is 0 Å². The lowest BCUT2D eigenvalue weighted by Crippen LogP contribution is -2.44. The molecule has 0 aliphatic heterocycles. The summed E-state index contributed by atoms with van der Waals surface area (Å²) >= 11 is 0. The molecule has 0 amide bonds. The highest BCUT2D eigenvalue weighted by molar-refractivity contribution is 4.89. The van der Waals surface area contributed by atoms with Gasteiger partial charge in [-0.2, -0.15) is 0 Å². The van der Waals surface area contributed by atoms with E-state index in [0.29, 0.717) is 0 Å². The van der Waals surface area contributed by atoms with Gasteiger partial charge in [-0.05, 0) is 51.6 Å². The van der Waals surface area contributed by atoms with Crippen molar-refractivity contribution >= 4 is 0 Å². The maximum absolute atomic E-state index is 3.57. The van der Waals surface area contributed by atoms with Crippen LogP contribution in [0.3, 0.4) is 0 Å². The van der Waals surface area contributed by atoms with Gasteiger partial charge >= 0.3 is 0 Å². The first-order valence-corrected chi connectivity index (χ1v) is 7.26. The van der Waals surface area contributed by atoms with Crippen LogP contribution in [0, 0.1) is 5.92 Å².